The van der Waals surface area contributed by atoms with Gasteiger partial charge < -0.3 is 5.32 Å². The maximum Gasteiger partial charge on any atom is 0.405 e. The van der Waals surface area contributed by atoms with E-state index in [0.717, 1.165) is 6.20 Å². The van der Waals surface area contributed by atoms with Crippen molar-refractivity contribution in [2.45, 2.75) is 12.7 Å². The predicted molar refractivity (Wildman–Crippen MR) is 65.1 cm³/mol. The van der Waals surface area contributed by atoms with Gasteiger partial charge in [-0.2, -0.15) is 18.3 Å². The highest BCUT2D eigenvalue weighted by molar-refractivity contribution is 5.81. The lowest BCUT2D eigenvalue weighted by Gasteiger charge is -2.11. The standard InChI is InChI=1S/C12H10F3N3O2/c13-12(14,15)7-16-11(20)6-18-9-4-2-1-3-8(9)10(19)5-17-18/h1-5H,6-7H2,(H,16,20). The number of hydrogen-bond acceptors (Lipinski definition) is 3. The van der Waals surface area contributed by atoms with Crippen LogP contribution in [0, 0.1) is 0 Å². The average Bonchev–Trinajstić information content (AvgIpc) is 2.39. The van der Waals surface area contributed by atoms with Crippen LogP contribution in [0.5, 0.6) is 0 Å². The normalized spacial score (nSPS) is 11.6. The van der Waals surface area contributed by atoms with Crippen molar-refractivity contribution in [3.8, 4) is 0 Å². The monoisotopic (exact) mass is 285 g/mol. The Morgan fingerprint density at radius 1 is 1.30 bits per heavy atom. The van der Waals surface area contributed by atoms with Gasteiger partial charge in [0.25, 0.3) is 0 Å². The van der Waals surface area contributed by atoms with Gasteiger partial charge in [-0.1, -0.05) is 12.1 Å². The minimum Gasteiger partial charge on any atom is -0.345 e. The lowest BCUT2D eigenvalue weighted by atomic mass is 10.2. The number of fused-ring (bicyclic) bond motifs is 1. The summed E-state index contributed by atoms with van der Waals surface area (Å²) in [5, 5.41) is 5.85. The highest BCUT2D eigenvalue weighted by Gasteiger charge is 2.27. The number of alkyl halides is 3. The zero-order valence-corrected chi connectivity index (χ0v) is 10.1. The molecule has 0 aliphatic heterocycles. The lowest BCUT2D eigenvalue weighted by molar-refractivity contribution is -0.138. The van der Waals surface area contributed by atoms with Gasteiger partial charge >= 0.3 is 6.18 Å². The number of benzene rings is 1. The molecule has 0 radical (unpaired) electrons. The molecule has 1 heterocycles. The average molecular weight is 285 g/mol. The molecule has 1 aromatic heterocycles. The van der Waals surface area contributed by atoms with Gasteiger partial charge in [0.05, 0.1) is 11.7 Å². The summed E-state index contributed by atoms with van der Waals surface area (Å²) >= 11 is 0. The maximum absolute atomic E-state index is 12.0. The third-order valence-electron chi connectivity index (χ3n) is 2.54. The fraction of sp³-hybridized carbons (Fsp3) is 0.250. The number of aromatic nitrogens is 2. The molecule has 0 aliphatic rings. The van der Waals surface area contributed by atoms with Crippen molar-refractivity contribution in [1.82, 2.24) is 15.1 Å². The van der Waals surface area contributed by atoms with Gasteiger partial charge in [0.1, 0.15) is 13.1 Å². The maximum atomic E-state index is 12.0. The summed E-state index contributed by atoms with van der Waals surface area (Å²) in [6, 6.07) is 6.43. The quantitative estimate of drug-likeness (QED) is 0.917. The summed E-state index contributed by atoms with van der Waals surface area (Å²) in [7, 11) is 0. The molecule has 0 spiro atoms. The van der Waals surface area contributed by atoms with Crippen molar-refractivity contribution in [3.05, 3.63) is 40.7 Å². The van der Waals surface area contributed by atoms with Gasteiger partial charge in [0, 0.05) is 5.39 Å². The van der Waals surface area contributed by atoms with Gasteiger partial charge in [0.15, 0.2) is 0 Å². The Bertz CT molecular complexity index is 694. The van der Waals surface area contributed by atoms with Crippen molar-refractivity contribution in [2.75, 3.05) is 6.54 Å². The first kappa shape index (κ1) is 14.0. The highest BCUT2D eigenvalue weighted by Crippen LogP contribution is 2.12. The van der Waals surface area contributed by atoms with E-state index < -0.39 is 25.2 Å². The number of amides is 1. The van der Waals surface area contributed by atoms with Crippen LogP contribution in [0.4, 0.5) is 13.2 Å². The van der Waals surface area contributed by atoms with Crippen LogP contribution in [0.25, 0.3) is 10.9 Å². The van der Waals surface area contributed by atoms with E-state index in [1.165, 1.54) is 4.68 Å². The number of halogens is 3. The molecule has 5 nitrogen and oxygen atoms in total. The highest BCUT2D eigenvalue weighted by atomic mass is 19.4. The molecule has 0 aliphatic carbocycles. The second kappa shape index (κ2) is 5.32. The van der Waals surface area contributed by atoms with Crippen LogP contribution >= 0.6 is 0 Å². The van der Waals surface area contributed by atoms with E-state index in [1.807, 2.05) is 0 Å². The van der Waals surface area contributed by atoms with Crippen LogP contribution in [-0.4, -0.2) is 28.4 Å². The fourth-order valence-electron chi connectivity index (χ4n) is 1.68. The molecule has 1 N–H and O–H groups in total. The minimum absolute atomic E-state index is 0.312. The molecular weight excluding hydrogens is 275 g/mol. The zero-order chi connectivity index (χ0) is 14.8. The van der Waals surface area contributed by atoms with E-state index in [2.05, 4.69) is 5.10 Å². The Morgan fingerprint density at radius 3 is 2.70 bits per heavy atom. The van der Waals surface area contributed by atoms with Crippen molar-refractivity contribution >= 4 is 16.8 Å². The van der Waals surface area contributed by atoms with E-state index >= 15 is 0 Å². The third-order valence-corrected chi connectivity index (χ3v) is 2.54. The Labute approximate surface area is 111 Å². The number of nitrogens with zero attached hydrogens (tertiary/aromatic N) is 2. The smallest absolute Gasteiger partial charge is 0.345 e. The Balaban J connectivity index is 2.20. The largest absolute Gasteiger partial charge is 0.405 e. The lowest BCUT2D eigenvalue weighted by Crippen LogP contribution is -2.36. The second-order valence-corrected chi connectivity index (χ2v) is 4.08. The van der Waals surface area contributed by atoms with Gasteiger partial charge in [-0.05, 0) is 12.1 Å². The molecule has 1 aromatic carbocycles. The SMILES string of the molecule is O=C(Cn1ncc(=O)c2ccccc21)NCC(F)(F)F. The van der Waals surface area contributed by atoms with E-state index in [9.17, 15) is 22.8 Å². The van der Waals surface area contributed by atoms with Gasteiger partial charge in [-0.15, -0.1) is 0 Å². The van der Waals surface area contributed by atoms with Crippen LogP contribution in [0.3, 0.4) is 0 Å². The second-order valence-electron chi connectivity index (χ2n) is 4.08. The molecule has 1 amide bonds. The van der Waals surface area contributed by atoms with Crippen LogP contribution in [-0.2, 0) is 11.3 Å². The third kappa shape index (κ3) is 3.34. The van der Waals surface area contributed by atoms with E-state index in [4.69, 9.17) is 0 Å². The molecule has 20 heavy (non-hydrogen) atoms. The number of para-hydroxylation sites is 1. The number of carbonyl (C=O) groups excluding carboxylic acids is 1. The van der Waals surface area contributed by atoms with Crippen LogP contribution in [0.2, 0.25) is 0 Å². The summed E-state index contributed by atoms with van der Waals surface area (Å²) in [6.45, 7) is -1.79. The van der Waals surface area contributed by atoms with Crippen molar-refractivity contribution < 1.29 is 18.0 Å². The molecular formula is C12H10F3N3O2. The van der Waals surface area contributed by atoms with Gasteiger partial charge in [-0.25, -0.2) is 0 Å². The molecule has 0 saturated heterocycles. The van der Waals surface area contributed by atoms with Crippen LogP contribution in [0.15, 0.2) is 35.3 Å². The number of rotatable bonds is 3. The molecule has 0 bridgehead atoms. The predicted octanol–water partition coefficient (Wildman–Crippen LogP) is 1.07. The summed E-state index contributed by atoms with van der Waals surface area (Å²) in [6.07, 6.45) is -3.44. The molecule has 0 unspecified atom stereocenters. The topological polar surface area (TPSA) is 64.0 Å². The summed E-state index contributed by atoms with van der Waals surface area (Å²) in [4.78, 5) is 23.0. The molecule has 106 valence electrons. The molecule has 0 atom stereocenters. The van der Waals surface area contributed by atoms with Crippen LogP contribution in [0.1, 0.15) is 0 Å². The van der Waals surface area contributed by atoms with Crippen molar-refractivity contribution in [2.24, 2.45) is 0 Å². The first-order valence-corrected chi connectivity index (χ1v) is 5.65. The first-order chi connectivity index (χ1) is 9.37. The van der Waals surface area contributed by atoms with E-state index in [-0.39, 0.29) is 5.43 Å². The summed E-state index contributed by atoms with van der Waals surface area (Å²) in [5.41, 5.74) is 0.0784. The number of nitrogens with one attached hydrogen (secondary N) is 1. The molecule has 2 rings (SSSR count). The fourth-order valence-corrected chi connectivity index (χ4v) is 1.68. The van der Waals surface area contributed by atoms with E-state index in [0.29, 0.717) is 10.9 Å². The Morgan fingerprint density at radius 2 is 2.00 bits per heavy atom. The first-order valence-electron chi connectivity index (χ1n) is 5.65. The summed E-state index contributed by atoms with van der Waals surface area (Å²) in [5.74, 6) is -0.830. The van der Waals surface area contributed by atoms with Crippen molar-refractivity contribution in [3.63, 3.8) is 0 Å². The molecule has 2 aromatic rings. The summed E-state index contributed by atoms with van der Waals surface area (Å²) < 4.78 is 37.1. The zero-order valence-electron chi connectivity index (χ0n) is 10.1. The molecule has 0 saturated carbocycles. The van der Waals surface area contributed by atoms with Crippen LogP contribution < -0.4 is 10.7 Å². The molecule has 0 fully saturated rings. The van der Waals surface area contributed by atoms with Gasteiger partial charge in [0.2, 0.25) is 11.3 Å². The Hall–Kier alpha value is -2.38. The van der Waals surface area contributed by atoms with Gasteiger partial charge in [-0.3, -0.25) is 14.3 Å². The Kier molecular flexibility index (Phi) is 3.73. The molecule has 8 heteroatoms. The number of hydrogen-bond donors (Lipinski definition) is 1. The van der Waals surface area contributed by atoms with Crippen molar-refractivity contribution in [1.29, 1.82) is 0 Å². The minimum atomic E-state index is -4.46. The van der Waals surface area contributed by atoms with E-state index in [1.54, 1.807) is 29.6 Å². The number of carbonyl (C=O) groups is 1.